The van der Waals surface area contributed by atoms with E-state index < -0.39 is 5.97 Å². The van der Waals surface area contributed by atoms with Crippen LogP contribution < -0.4 is 11.5 Å². The number of esters is 1. The third-order valence-corrected chi connectivity index (χ3v) is 1.67. The minimum atomic E-state index is -0.592. The number of hydrogen-bond donors (Lipinski definition) is 3. The third kappa shape index (κ3) is 1.99. The summed E-state index contributed by atoms with van der Waals surface area (Å²) in [5.41, 5.74) is 11.0. The van der Waals surface area contributed by atoms with E-state index in [0.29, 0.717) is 0 Å². The molecule has 6 nitrogen and oxygen atoms in total. The van der Waals surface area contributed by atoms with Crippen molar-refractivity contribution in [3.05, 3.63) is 10.5 Å². The smallest absolute Gasteiger partial charge is 0.357 e. The fraction of sp³-hybridized carbons (Fsp3) is 0.286. The molecule has 0 unspecified atom stereocenters. The zero-order chi connectivity index (χ0) is 10.7. The normalized spacial score (nSPS) is 9.79. The molecule has 1 heterocycles. The average Bonchev–Trinajstić information content (AvgIpc) is 2.11. The van der Waals surface area contributed by atoms with E-state index in [9.17, 15) is 4.79 Å². The maximum Gasteiger partial charge on any atom is 0.357 e. The van der Waals surface area contributed by atoms with Crippen molar-refractivity contribution < 1.29 is 9.53 Å². The SMILES string of the molecule is CCOC(=O)c1[nH]c(=S)nc(N)c1N. The monoisotopic (exact) mass is 214 g/mol. The number of aromatic amines is 1. The number of H-pyrrole nitrogens is 1. The van der Waals surface area contributed by atoms with Gasteiger partial charge in [-0.25, -0.2) is 9.78 Å². The van der Waals surface area contributed by atoms with Gasteiger partial charge in [0.2, 0.25) is 0 Å². The van der Waals surface area contributed by atoms with Crippen molar-refractivity contribution in [3.63, 3.8) is 0 Å². The number of aromatic nitrogens is 2. The molecule has 7 heteroatoms. The Morgan fingerprint density at radius 2 is 2.29 bits per heavy atom. The molecule has 5 N–H and O–H groups in total. The maximum atomic E-state index is 11.3. The Kier molecular flexibility index (Phi) is 3.03. The van der Waals surface area contributed by atoms with Gasteiger partial charge in [-0.3, -0.25) is 0 Å². The Balaban J connectivity index is 3.20. The number of carbonyl (C=O) groups is 1. The zero-order valence-electron chi connectivity index (χ0n) is 7.53. The molecule has 0 atom stereocenters. The summed E-state index contributed by atoms with van der Waals surface area (Å²) in [4.78, 5) is 17.5. The number of nitrogen functional groups attached to an aromatic ring is 2. The van der Waals surface area contributed by atoms with Gasteiger partial charge in [-0.15, -0.1) is 0 Å². The molecule has 0 spiro atoms. The lowest BCUT2D eigenvalue weighted by molar-refractivity contribution is 0.0520. The van der Waals surface area contributed by atoms with Crippen molar-refractivity contribution in [1.29, 1.82) is 0 Å². The number of carbonyl (C=O) groups excluding carboxylic acids is 1. The van der Waals surface area contributed by atoms with Gasteiger partial charge in [-0.05, 0) is 19.1 Å². The van der Waals surface area contributed by atoms with Crippen LogP contribution in [0.3, 0.4) is 0 Å². The van der Waals surface area contributed by atoms with Gasteiger partial charge in [0.25, 0.3) is 0 Å². The van der Waals surface area contributed by atoms with Crippen molar-refractivity contribution in [1.82, 2.24) is 9.97 Å². The first-order chi connectivity index (χ1) is 6.56. The topological polar surface area (TPSA) is 107 Å². The van der Waals surface area contributed by atoms with Crippen LogP contribution in [0.5, 0.6) is 0 Å². The van der Waals surface area contributed by atoms with Crippen LogP contribution in [0.4, 0.5) is 11.5 Å². The highest BCUT2D eigenvalue weighted by molar-refractivity contribution is 7.71. The highest BCUT2D eigenvalue weighted by atomic mass is 32.1. The summed E-state index contributed by atoms with van der Waals surface area (Å²) in [6.07, 6.45) is 0. The Morgan fingerprint density at radius 1 is 1.64 bits per heavy atom. The van der Waals surface area contributed by atoms with E-state index in [0.717, 1.165) is 0 Å². The van der Waals surface area contributed by atoms with Crippen LogP contribution in [0, 0.1) is 4.77 Å². The zero-order valence-corrected chi connectivity index (χ0v) is 8.35. The average molecular weight is 214 g/mol. The molecule has 0 aliphatic carbocycles. The third-order valence-electron chi connectivity index (χ3n) is 1.48. The minimum absolute atomic E-state index is 0.0248. The van der Waals surface area contributed by atoms with E-state index in [-0.39, 0.29) is 28.6 Å². The van der Waals surface area contributed by atoms with Crippen LogP contribution in [-0.4, -0.2) is 22.5 Å². The number of ether oxygens (including phenoxy) is 1. The summed E-state index contributed by atoms with van der Waals surface area (Å²) >= 11 is 4.74. The van der Waals surface area contributed by atoms with Gasteiger partial charge in [-0.1, -0.05) is 0 Å². The largest absolute Gasteiger partial charge is 0.461 e. The number of nitrogens with one attached hydrogen (secondary N) is 1. The first kappa shape index (κ1) is 10.5. The first-order valence-electron chi connectivity index (χ1n) is 3.88. The van der Waals surface area contributed by atoms with Gasteiger partial charge in [0.1, 0.15) is 5.69 Å². The van der Waals surface area contributed by atoms with E-state index >= 15 is 0 Å². The molecule has 0 fully saturated rings. The quantitative estimate of drug-likeness (QED) is 0.488. The van der Waals surface area contributed by atoms with E-state index in [2.05, 4.69) is 9.97 Å². The molecule has 0 radical (unpaired) electrons. The second-order valence-corrected chi connectivity index (χ2v) is 2.82. The molecule has 76 valence electrons. The van der Waals surface area contributed by atoms with Crippen LogP contribution in [-0.2, 0) is 4.74 Å². The van der Waals surface area contributed by atoms with Crippen LogP contribution >= 0.6 is 12.2 Å². The molecular weight excluding hydrogens is 204 g/mol. The van der Waals surface area contributed by atoms with Crippen LogP contribution in [0.2, 0.25) is 0 Å². The van der Waals surface area contributed by atoms with E-state index in [4.69, 9.17) is 28.4 Å². The standard InChI is InChI=1S/C7H10N4O2S/c1-2-13-6(12)4-3(8)5(9)11-7(14)10-4/h2,8H2,1H3,(H3,9,10,11,14). The molecule has 14 heavy (non-hydrogen) atoms. The van der Waals surface area contributed by atoms with Crippen molar-refractivity contribution >= 4 is 29.7 Å². The minimum Gasteiger partial charge on any atom is -0.461 e. The summed E-state index contributed by atoms with van der Waals surface area (Å²) in [7, 11) is 0. The predicted molar refractivity (Wildman–Crippen MR) is 54.2 cm³/mol. The molecule has 1 aromatic rings. The molecule has 0 bridgehead atoms. The van der Waals surface area contributed by atoms with Gasteiger partial charge in [0.15, 0.2) is 16.3 Å². The second-order valence-electron chi connectivity index (χ2n) is 2.44. The summed E-state index contributed by atoms with van der Waals surface area (Å²) in [5.74, 6) is -0.568. The fourth-order valence-corrected chi connectivity index (χ4v) is 1.06. The molecule has 0 amide bonds. The second kappa shape index (κ2) is 4.05. The van der Waals surface area contributed by atoms with Gasteiger partial charge in [-0.2, -0.15) is 0 Å². The lowest BCUT2D eigenvalue weighted by Gasteiger charge is -2.06. The Morgan fingerprint density at radius 3 is 2.86 bits per heavy atom. The Bertz CT molecular complexity index is 415. The lowest BCUT2D eigenvalue weighted by atomic mass is 10.3. The molecule has 1 aromatic heterocycles. The van der Waals surface area contributed by atoms with Crippen molar-refractivity contribution in [2.24, 2.45) is 0 Å². The van der Waals surface area contributed by atoms with Gasteiger partial charge < -0.3 is 21.2 Å². The summed E-state index contributed by atoms with van der Waals surface area (Å²) in [6.45, 7) is 1.94. The summed E-state index contributed by atoms with van der Waals surface area (Å²) < 4.78 is 4.84. The Labute approximate surface area is 85.3 Å². The maximum absolute atomic E-state index is 11.3. The summed E-state index contributed by atoms with van der Waals surface area (Å²) in [6, 6.07) is 0. The Hall–Kier alpha value is -1.63. The lowest BCUT2D eigenvalue weighted by Crippen LogP contribution is -2.13. The molecule has 0 aromatic carbocycles. The molecular formula is C7H10N4O2S. The molecule has 1 rings (SSSR count). The van der Waals surface area contributed by atoms with Crippen LogP contribution in [0.1, 0.15) is 17.4 Å². The molecule has 0 aliphatic heterocycles. The number of rotatable bonds is 2. The fourth-order valence-electron chi connectivity index (χ4n) is 0.864. The molecule has 0 saturated carbocycles. The summed E-state index contributed by atoms with van der Waals surface area (Å²) in [5, 5.41) is 0. The first-order valence-corrected chi connectivity index (χ1v) is 4.29. The van der Waals surface area contributed by atoms with Gasteiger partial charge in [0, 0.05) is 0 Å². The van der Waals surface area contributed by atoms with Gasteiger partial charge in [0.05, 0.1) is 6.61 Å². The van der Waals surface area contributed by atoms with Crippen molar-refractivity contribution in [3.8, 4) is 0 Å². The van der Waals surface area contributed by atoms with E-state index in [1.54, 1.807) is 6.92 Å². The van der Waals surface area contributed by atoms with Crippen molar-refractivity contribution in [2.45, 2.75) is 6.92 Å². The highest BCUT2D eigenvalue weighted by Crippen LogP contribution is 2.15. The number of anilines is 2. The van der Waals surface area contributed by atoms with Crippen LogP contribution in [0.15, 0.2) is 0 Å². The number of nitrogens with zero attached hydrogens (tertiary/aromatic N) is 1. The molecule has 0 saturated heterocycles. The van der Waals surface area contributed by atoms with E-state index in [1.165, 1.54) is 0 Å². The molecule has 0 aliphatic rings. The number of nitrogens with two attached hydrogens (primary N) is 2. The van der Waals surface area contributed by atoms with Gasteiger partial charge >= 0.3 is 5.97 Å². The van der Waals surface area contributed by atoms with Crippen molar-refractivity contribution in [2.75, 3.05) is 18.1 Å². The number of hydrogen-bond acceptors (Lipinski definition) is 6. The predicted octanol–water partition coefficient (Wildman–Crippen LogP) is 0.480. The van der Waals surface area contributed by atoms with Crippen LogP contribution in [0.25, 0.3) is 0 Å². The highest BCUT2D eigenvalue weighted by Gasteiger charge is 2.14. The van der Waals surface area contributed by atoms with E-state index in [1.807, 2.05) is 0 Å².